The Balaban J connectivity index is 2.19. The molecule has 0 aromatic heterocycles. The summed E-state index contributed by atoms with van der Waals surface area (Å²) in [6.07, 6.45) is 0.786. The molecule has 0 unspecified atom stereocenters. The van der Waals surface area contributed by atoms with Crippen LogP contribution in [0.15, 0.2) is 4.99 Å². The molecule has 2 heterocycles. The molecule has 0 aliphatic carbocycles. The van der Waals surface area contributed by atoms with Gasteiger partial charge in [0.05, 0.1) is 12.1 Å². The molecule has 2 fully saturated rings. The quantitative estimate of drug-likeness (QED) is 0.635. The number of aliphatic imine (C=N–C) groups is 1. The lowest BCUT2D eigenvalue weighted by molar-refractivity contribution is -0.223. The van der Waals surface area contributed by atoms with Gasteiger partial charge in [0, 0.05) is 21.2 Å². The Morgan fingerprint density at radius 2 is 2.27 bits per heavy atom. The van der Waals surface area contributed by atoms with Crippen molar-refractivity contribution in [2.75, 3.05) is 21.2 Å². The molecule has 2 aliphatic heterocycles. The first kappa shape index (κ1) is 10.7. The van der Waals surface area contributed by atoms with Crippen LogP contribution < -0.4 is 0 Å². The van der Waals surface area contributed by atoms with Crippen LogP contribution in [0.3, 0.4) is 0 Å². The van der Waals surface area contributed by atoms with Crippen molar-refractivity contribution in [3.05, 3.63) is 0 Å². The van der Waals surface area contributed by atoms with Crippen molar-refractivity contribution in [1.29, 1.82) is 0 Å². The van der Waals surface area contributed by atoms with Gasteiger partial charge < -0.3 is 19.1 Å². The highest BCUT2D eigenvalue weighted by Crippen LogP contribution is 2.31. The lowest BCUT2D eigenvalue weighted by Crippen LogP contribution is -2.49. The molecule has 0 spiro atoms. The molecule has 0 aromatic carbocycles. The summed E-state index contributed by atoms with van der Waals surface area (Å²) in [5.74, 6) is 0. The molecule has 2 saturated heterocycles. The van der Waals surface area contributed by atoms with Crippen LogP contribution in [-0.4, -0.2) is 56.7 Å². The van der Waals surface area contributed by atoms with Crippen molar-refractivity contribution < 1.29 is 14.2 Å². The van der Waals surface area contributed by atoms with Gasteiger partial charge in [0.2, 0.25) is 0 Å². The number of methoxy groups -OCH3 is 1. The summed E-state index contributed by atoms with van der Waals surface area (Å²) in [7, 11) is 5.37. The molecular weight excluding hydrogens is 196 g/mol. The molecular formula is C10H18N2O3. The Bertz CT molecular complexity index is 269. The number of ether oxygens (including phenoxy) is 3. The second kappa shape index (κ2) is 3.98. The summed E-state index contributed by atoms with van der Waals surface area (Å²) < 4.78 is 16.7. The van der Waals surface area contributed by atoms with E-state index in [0.29, 0.717) is 12.1 Å². The van der Waals surface area contributed by atoms with Crippen molar-refractivity contribution in [1.82, 2.24) is 4.90 Å². The third kappa shape index (κ3) is 1.70. The van der Waals surface area contributed by atoms with Crippen LogP contribution >= 0.6 is 0 Å². The molecule has 2 aliphatic rings. The molecule has 0 radical (unpaired) electrons. The first-order valence-electron chi connectivity index (χ1n) is 5.22. The Morgan fingerprint density at radius 1 is 1.53 bits per heavy atom. The largest absolute Gasteiger partial charge is 0.454 e. The van der Waals surface area contributed by atoms with Gasteiger partial charge in [-0.1, -0.05) is 0 Å². The Labute approximate surface area is 90.0 Å². The van der Waals surface area contributed by atoms with E-state index in [0.717, 1.165) is 6.42 Å². The van der Waals surface area contributed by atoms with Gasteiger partial charge in [-0.2, -0.15) is 0 Å². The van der Waals surface area contributed by atoms with Gasteiger partial charge in [-0.3, -0.25) is 0 Å². The maximum Gasteiger partial charge on any atom is 0.287 e. The summed E-state index contributed by atoms with van der Waals surface area (Å²) in [5, 5.41) is 0. The molecule has 0 aromatic rings. The van der Waals surface area contributed by atoms with Gasteiger partial charge in [0.25, 0.3) is 6.02 Å². The summed E-state index contributed by atoms with van der Waals surface area (Å²) in [4.78, 5) is 6.16. The van der Waals surface area contributed by atoms with Gasteiger partial charge in [0.1, 0.15) is 0 Å². The summed E-state index contributed by atoms with van der Waals surface area (Å²) in [6, 6.07) is 0.974. The van der Waals surface area contributed by atoms with Crippen LogP contribution in [-0.2, 0) is 14.2 Å². The lowest BCUT2D eigenvalue weighted by Gasteiger charge is -2.35. The van der Waals surface area contributed by atoms with E-state index in [1.54, 1.807) is 14.2 Å². The van der Waals surface area contributed by atoms with E-state index in [4.69, 9.17) is 14.2 Å². The molecule has 86 valence electrons. The number of hydrogen-bond acceptors (Lipinski definition) is 4. The third-order valence-electron chi connectivity index (χ3n) is 3.05. The number of rotatable bonds is 1. The van der Waals surface area contributed by atoms with E-state index in [9.17, 15) is 0 Å². The standard InChI is InChI=1S/C10H18N2O3/c1-6-5-7-8(9(13-4)14-6)15-10(11-2)12(7)3/h6-9H,5H2,1-4H3/t6-,7+,8-,9-/m1/s1. The fourth-order valence-corrected chi connectivity index (χ4v) is 2.28. The van der Waals surface area contributed by atoms with Crippen LogP contribution in [0.25, 0.3) is 0 Å². The zero-order chi connectivity index (χ0) is 11.0. The SMILES string of the molecule is CN=C1O[C@H]2[C@H](OC)O[C@H](C)C[C@@H]2N1C. The van der Waals surface area contributed by atoms with Crippen molar-refractivity contribution in [2.45, 2.75) is 37.9 Å². The molecule has 0 amide bonds. The van der Waals surface area contributed by atoms with E-state index in [1.807, 2.05) is 7.05 Å². The predicted octanol–water partition coefficient (Wildman–Crippen LogP) is 0.453. The van der Waals surface area contributed by atoms with Crippen LogP contribution in [0.5, 0.6) is 0 Å². The number of amidine groups is 1. The number of fused-ring (bicyclic) bond motifs is 1. The van der Waals surface area contributed by atoms with Crippen LogP contribution in [0.4, 0.5) is 0 Å². The smallest absolute Gasteiger partial charge is 0.287 e. The van der Waals surface area contributed by atoms with Gasteiger partial charge >= 0.3 is 0 Å². The van der Waals surface area contributed by atoms with E-state index in [2.05, 4.69) is 16.8 Å². The number of likely N-dealkylation sites (N-methyl/N-ethyl adjacent to an activating group) is 1. The summed E-state index contributed by atoms with van der Waals surface area (Å²) in [6.45, 7) is 2.05. The van der Waals surface area contributed by atoms with Crippen LogP contribution in [0.2, 0.25) is 0 Å². The highest BCUT2D eigenvalue weighted by atomic mass is 16.7. The topological polar surface area (TPSA) is 43.3 Å². The van der Waals surface area contributed by atoms with Crippen molar-refractivity contribution in [3.8, 4) is 0 Å². The van der Waals surface area contributed by atoms with Gasteiger partial charge in [-0.25, -0.2) is 4.99 Å². The maximum atomic E-state index is 5.70. The first-order chi connectivity index (χ1) is 7.17. The minimum atomic E-state index is -0.291. The molecule has 5 nitrogen and oxygen atoms in total. The van der Waals surface area contributed by atoms with Crippen molar-refractivity contribution in [3.63, 3.8) is 0 Å². The minimum absolute atomic E-state index is 0.0603. The highest BCUT2D eigenvalue weighted by molar-refractivity contribution is 5.76. The fraction of sp³-hybridized carbons (Fsp3) is 0.900. The second-order valence-corrected chi connectivity index (χ2v) is 4.05. The molecule has 15 heavy (non-hydrogen) atoms. The second-order valence-electron chi connectivity index (χ2n) is 4.05. The molecule has 5 heteroatoms. The molecule has 0 saturated carbocycles. The lowest BCUT2D eigenvalue weighted by atomic mass is 10.0. The van der Waals surface area contributed by atoms with Gasteiger partial charge in [0.15, 0.2) is 12.4 Å². The van der Waals surface area contributed by atoms with Gasteiger partial charge in [-0.05, 0) is 13.3 Å². The number of hydrogen-bond donors (Lipinski definition) is 0. The zero-order valence-corrected chi connectivity index (χ0v) is 9.64. The van der Waals surface area contributed by atoms with E-state index in [-0.39, 0.29) is 18.5 Å². The average molecular weight is 214 g/mol. The third-order valence-corrected chi connectivity index (χ3v) is 3.05. The Morgan fingerprint density at radius 3 is 2.87 bits per heavy atom. The van der Waals surface area contributed by atoms with Crippen LogP contribution in [0, 0.1) is 0 Å². The zero-order valence-electron chi connectivity index (χ0n) is 9.64. The highest BCUT2D eigenvalue weighted by Gasteiger charge is 2.47. The van der Waals surface area contributed by atoms with E-state index < -0.39 is 0 Å². The Hall–Kier alpha value is -0.810. The fourth-order valence-electron chi connectivity index (χ4n) is 2.28. The van der Waals surface area contributed by atoms with Crippen molar-refractivity contribution >= 4 is 6.02 Å². The van der Waals surface area contributed by atoms with Crippen molar-refractivity contribution in [2.24, 2.45) is 4.99 Å². The number of nitrogens with zero attached hydrogens (tertiary/aromatic N) is 2. The average Bonchev–Trinajstić information content (AvgIpc) is 2.55. The molecule has 2 rings (SSSR count). The Kier molecular flexibility index (Phi) is 2.84. The van der Waals surface area contributed by atoms with Crippen LogP contribution in [0.1, 0.15) is 13.3 Å². The minimum Gasteiger partial charge on any atom is -0.454 e. The molecule has 0 N–H and O–H groups in total. The van der Waals surface area contributed by atoms with Gasteiger partial charge in [-0.15, -0.1) is 0 Å². The molecule has 0 bridgehead atoms. The first-order valence-corrected chi connectivity index (χ1v) is 5.22. The van der Waals surface area contributed by atoms with E-state index >= 15 is 0 Å². The summed E-state index contributed by atoms with van der Waals surface area (Å²) in [5.41, 5.74) is 0. The maximum absolute atomic E-state index is 5.70. The predicted molar refractivity (Wildman–Crippen MR) is 55.7 cm³/mol. The monoisotopic (exact) mass is 214 g/mol. The van der Waals surface area contributed by atoms with E-state index in [1.165, 1.54) is 0 Å². The molecule has 4 atom stereocenters. The summed E-state index contributed by atoms with van der Waals surface area (Å²) >= 11 is 0. The normalized spacial score (nSPS) is 42.9.